The van der Waals surface area contributed by atoms with E-state index in [0.717, 1.165) is 22.5 Å². The maximum atomic E-state index is 14.2. The molecule has 0 atom stereocenters. The number of sulfonamides is 1. The number of nitrogens with zero attached hydrogens (tertiary/aromatic N) is 5. The van der Waals surface area contributed by atoms with Crippen molar-refractivity contribution >= 4 is 21.9 Å². The van der Waals surface area contributed by atoms with Crippen LogP contribution in [0.5, 0.6) is 0 Å². The number of piperazine rings is 1. The van der Waals surface area contributed by atoms with Crippen LogP contribution < -0.4 is 4.90 Å². The Labute approximate surface area is 157 Å². The Kier molecular flexibility index (Phi) is 5.38. The van der Waals surface area contributed by atoms with Crippen LogP contribution >= 0.6 is 0 Å². The zero-order chi connectivity index (χ0) is 19.6. The predicted molar refractivity (Wildman–Crippen MR) is 97.4 cm³/mol. The summed E-state index contributed by atoms with van der Waals surface area (Å²) in [5, 5.41) is 0. The monoisotopic (exact) mass is 393 g/mol. The number of rotatable bonds is 4. The summed E-state index contributed by atoms with van der Waals surface area (Å²) in [5.74, 6) is -0.696. The van der Waals surface area contributed by atoms with E-state index in [1.54, 1.807) is 18.5 Å². The highest BCUT2D eigenvalue weighted by Crippen LogP contribution is 2.20. The van der Waals surface area contributed by atoms with Crippen LogP contribution in [0.3, 0.4) is 0 Å². The summed E-state index contributed by atoms with van der Waals surface area (Å²) in [4.78, 5) is 24.4. The van der Waals surface area contributed by atoms with Gasteiger partial charge in [-0.25, -0.2) is 27.1 Å². The zero-order valence-electron chi connectivity index (χ0n) is 15.0. The van der Waals surface area contributed by atoms with Gasteiger partial charge in [-0.1, -0.05) is 0 Å². The minimum absolute atomic E-state index is 0.117. The molecule has 1 amide bonds. The fourth-order valence-electron chi connectivity index (χ4n) is 2.77. The molecule has 1 aromatic carbocycles. The molecule has 3 rings (SSSR count). The zero-order valence-corrected chi connectivity index (χ0v) is 15.9. The Morgan fingerprint density at radius 1 is 1.11 bits per heavy atom. The highest BCUT2D eigenvalue weighted by Gasteiger charge is 2.27. The Balaban J connectivity index is 1.77. The second-order valence-corrected chi connectivity index (χ2v) is 8.41. The Bertz CT molecular complexity index is 929. The van der Waals surface area contributed by atoms with Crippen molar-refractivity contribution in [3.05, 3.63) is 48.0 Å². The molecule has 0 spiro atoms. The number of anilines is 1. The molecular formula is C17H20FN5O3S. The first-order valence-corrected chi connectivity index (χ1v) is 9.78. The van der Waals surface area contributed by atoms with Crippen LogP contribution in [0.2, 0.25) is 0 Å². The summed E-state index contributed by atoms with van der Waals surface area (Å²) in [5.41, 5.74) is -0.248. The van der Waals surface area contributed by atoms with Gasteiger partial charge in [-0.2, -0.15) is 0 Å². The normalized spacial score (nSPS) is 15.3. The molecule has 0 N–H and O–H groups in total. The topological polar surface area (TPSA) is 86.7 Å². The van der Waals surface area contributed by atoms with Crippen molar-refractivity contribution in [3.63, 3.8) is 0 Å². The van der Waals surface area contributed by atoms with Gasteiger partial charge in [0.05, 0.1) is 10.5 Å². The summed E-state index contributed by atoms with van der Waals surface area (Å²) in [6.45, 7) is 1.74. The minimum Gasteiger partial charge on any atom is -0.337 e. The van der Waals surface area contributed by atoms with E-state index in [9.17, 15) is 17.6 Å². The van der Waals surface area contributed by atoms with Crippen molar-refractivity contribution in [1.29, 1.82) is 0 Å². The molecule has 1 fully saturated rings. The second kappa shape index (κ2) is 7.57. The van der Waals surface area contributed by atoms with Crippen molar-refractivity contribution in [2.75, 3.05) is 45.2 Å². The first kappa shape index (κ1) is 19.2. The van der Waals surface area contributed by atoms with Crippen LogP contribution in [0.1, 0.15) is 10.4 Å². The number of aromatic nitrogens is 2. The van der Waals surface area contributed by atoms with E-state index >= 15 is 0 Å². The van der Waals surface area contributed by atoms with Crippen molar-refractivity contribution in [2.24, 2.45) is 0 Å². The van der Waals surface area contributed by atoms with Gasteiger partial charge >= 0.3 is 0 Å². The molecule has 1 aliphatic heterocycles. The lowest BCUT2D eigenvalue weighted by Gasteiger charge is -2.34. The molecule has 1 aliphatic rings. The highest BCUT2D eigenvalue weighted by atomic mass is 32.2. The maximum absolute atomic E-state index is 14.2. The number of carbonyl (C=O) groups is 1. The molecule has 10 heteroatoms. The van der Waals surface area contributed by atoms with E-state index in [2.05, 4.69) is 9.97 Å². The van der Waals surface area contributed by atoms with Gasteiger partial charge in [-0.15, -0.1) is 0 Å². The number of hydrogen-bond acceptors (Lipinski definition) is 6. The molecule has 0 saturated carbocycles. The Hall–Kier alpha value is -2.59. The summed E-state index contributed by atoms with van der Waals surface area (Å²) in [6.07, 6.45) is 3.29. The Morgan fingerprint density at radius 2 is 1.74 bits per heavy atom. The summed E-state index contributed by atoms with van der Waals surface area (Å²) in [7, 11) is -0.994. The summed E-state index contributed by atoms with van der Waals surface area (Å²) in [6, 6.07) is 4.99. The SMILES string of the molecule is CN(C)S(=O)(=O)c1ccc(F)c(C(=O)N2CCN(c3ncccn3)CC2)c1. The quantitative estimate of drug-likeness (QED) is 0.765. The van der Waals surface area contributed by atoms with Gasteiger partial charge in [0.1, 0.15) is 5.82 Å². The largest absolute Gasteiger partial charge is 0.337 e. The van der Waals surface area contributed by atoms with E-state index in [4.69, 9.17) is 0 Å². The fourth-order valence-corrected chi connectivity index (χ4v) is 3.70. The molecule has 0 radical (unpaired) electrons. The van der Waals surface area contributed by atoms with Gasteiger partial charge in [0.25, 0.3) is 5.91 Å². The number of hydrogen-bond donors (Lipinski definition) is 0. The van der Waals surface area contributed by atoms with E-state index < -0.39 is 21.7 Å². The third-order valence-electron chi connectivity index (χ3n) is 4.35. The number of halogens is 1. The van der Waals surface area contributed by atoms with E-state index in [1.165, 1.54) is 19.0 Å². The molecular weight excluding hydrogens is 373 g/mol. The number of carbonyl (C=O) groups excluding carboxylic acids is 1. The van der Waals surface area contributed by atoms with Gasteiger partial charge in [-0.05, 0) is 24.3 Å². The molecule has 8 nitrogen and oxygen atoms in total. The molecule has 2 aromatic rings. The van der Waals surface area contributed by atoms with Gasteiger partial charge in [0.15, 0.2) is 0 Å². The van der Waals surface area contributed by atoms with Crippen molar-refractivity contribution in [2.45, 2.75) is 4.90 Å². The number of amides is 1. The average molecular weight is 393 g/mol. The first-order chi connectivity index (χ1) is 12.8. The molecule has 0 unspecified atom stereocenters. The van der Waals surface area contributed by atoms with E-state index in [1.807, 2.05) is 4.90 Å². The van der Waals surface area contributed by atoms with Crippen LogP contribution in [0.15, 0.2) is 41.6 Å². The second-order valence-electron chi connectivity index (χ2n) is 6.26. The van der Waals surface area contributed by atoms with Crippen LogP contribution in [-0.4, -0.2) is 73.8 Å². The minimum atomic E-state index is -3.75. The molecule has 27 heavy (non-hydrogen) atoms. The van der Waals surface area contributed by atoms with Crippen LogP contribution in [0.25, 0.3) is 0 Å². The highest BCUT2D eigenvalue weighted by molar-refractivity contribution is 7.89. The molecule has 0 aliphatic carbocycles. The van der Waals surface area contributed by atoms with Gasteiger partial charge in [0.2, 0.25) is 16.0 Å². The Morgan fingerprint density at radius 3 is 2.33 bits per heavy atom. The van der Waals surface area contributed by atoms with Crippen LogP contribution in [0, 0.1) is 5.82 Å². The summed E-state index contributed by atoms with van der Waals surface area (Å²) >= 11 is 0. The fraction of sp³-hybridized carbons (Fsp3) is 0.353. The molecule has 0 bridgehead atoms. The molecule has 1 saturated heterocycles. The molecule has 2 heterocycles. The van der Waals surface area contributed by atoms with Gasteiger partial charge in [0, 0.05) is 52.7 Å². The lowest BCUT2D eigenvalue weighted by molar-refractivity contribution is 0.0741. The standard InChI is InChI=1S/C17H20FN5O3S/c1-21(2)27(25,26)13-4-5-15(18)14(12-13)16(24)22-8-10-23(11-9-22)17-19-6-3-7-20-17/h3-7,12H,8-11H2,1-2H3. The first-order valence-electron chi connectivity index (χ1n) is 8.34. The smallest absolute Gasteiger partial charge is 0.256 e. The molecule has 144 valence electrons. The lowest BCUT2D eigenvalue weighted by Crippen LogP contribution is -2.49. The predicted octanol–water partition coefficient (Wildman–Crippen LogP) is 0.828. The van der Waals surface area contributed by atoms with Gasteiger partial charge < -0.3 is 9.80 Å². The number of benzene rings is 1. The summed E-state index contributed by atoms with van der Waals surface area (Å²) < 4.78 is 39.7. The third kappa shape index (κ3) is 3.91. The third-order valence-corrected chi connectivity index (χ3v) is 6.16. The maximum Gasteiger partial charge on any atom is 0.256 e. The van der Waals surface area contributed by atoms with Gasteiger partial charge in [-0.3, -0.25) is 4.79 Å². The van der Waals surface area contributed by atoms with E-state index in [0.29, 0.717) is 32.1 Å². The van der Waals surface area contributed by atoms with Crippen molar-refractivity contribution in [1.82, 2.24) is 19.2 Å². The van der Waals surface area contributed by atoms with Crippen molar-refractivity contribution in [3.8, 4) is 0 Å². The lowest BCUT2D eigenvalue weighted by atomic mass is 10.1. The van der Waals surface area contributed by atoms with E-state index in [-0.39, 0.29) is 10.5 Å². The van der Waals surface area contributed by atoms with Crippen molar-refractivity contribution < 1.29 is 17.6 Å². The molecule has 1 aromatic heterocycles. The van der Waals surface area contributed by atoms with Crippen LogP contribution in [0.4, 0.5) is 10.3 Å². The average Bonchev–Trinajstić information content (AvgIpc) is 2.68. The van der Waals surface area contributed by atoms with Crippen LogP contribution in [-0.2, 0) is 10.0 Å².